The van der Waals surface area contributed by atoms with Crippen LogP contribution in [-0.4, -0.2) is 25.2 Å². The molecular formula is C38H58O4. The average molecular weight is 579 g/mol. The summed E-state index contributed by atoms with van der Waals surface area (Å²) in [6.45, 7) is 32.9. The van der Waals surface area contributed by atoms with Gasteiger partial charge in [-0.25, -0.2) is 9.59 Å². The predicted molar refractivity (Wildman–Crippen MR) is 178 cm³/mol. The largest absolute Gasteiger partial charge is 0.458 e. The molecule has 0 aliphatic carbocycles. The number of allylic oxidation sites excluding steroid dienone is 2. The fourth-order valence-electron chi connectivity index (χ4n) is 5.90. The molecule has 0 saturated heterocycles. The van der Waals surface area contributed by atoms with Gasteiger partial charge in [-0.2, -0.15) is 0 Å². The van der Waals surface area contributed by atoms with Crippen LogP contribution >= 0.6 is 0 Å². The predicted octanol–water partition coefficient (Wildman–Crippen LogP) is 9.72. The molecule has 0 bridgehead atoms. The first-order valence-corrected chi connectivity index (χ1v) is 15.2. The monoisotopic (exact) mass is 578 g/mol. The van der Waals surface area contributed by atoms with Crippen molar-refractivity contribution in [2.75, 3.05) is 13.2 Å². The Morgan fingerprint density at radius 1 is 0.595 bits per heavy atom. The second kappa shape index (κ2) is 15.0. The lowest BCUT2D eigenvalue weighted by atomic mass is 9.66. The Labute approximate surface area is 257 Å². The maximum absolute atomic E-state index is 11.3. The maximum atomic E-state index is 11.3. The van der Waals surface area contributed by atoms with Crippen LogP contribution < -0.4 is 0 Å². The van der Waals surface area contributed by atoms with Crippen molar-refractivity contribution < 1.29 is 19.1 Å². The van der Waals surface area contributed by atoms with Gasteiger partial charge in [-0.3, -0.25) is 0 Å². The fourth-order valence-corrected chi connectivity index (χ4v) is 5.90. The van der Waals surface area contributed by atoms with Crippen molar-refractivity contribution in [2.24, 2.45) is 10.8 Å². The standard InChI is InChI=1S/C38H58O4/c1-14-32(39)41-22-18-16-20-35(6,7)27-37(10,11)30-24-29(34(3,4)5)25-31(26-30)38(12,13)28-36(8,9)21-17-19-23-42-33(40)15-2/h14-19,24-26H,1-2,20-23,27-28H2,3-13H3/b18-16+,19-17+. The Morgan fingerprint density at radius 2 is 0.929 bits per heavy atom. The normalized spacial score (nSPS) is 13.4. The molecule has 1 rings (SSSR count). The third-order valence-corrected chi connectivity index (χ3v) is 7.85. The number of benzene rings is 1. The van der Waals surface area contributed by atoms with E-state index < -0.39 is 11.9 Å². The Morgan fingerprint density at radius 3 is 1.24 bits per heavy atom. The molecule has 42 heavy (non-hydrogen) atoms. The van der Waals surface area contributed by atoms with E-state index in [4.69, 9.17) is 9.47 Å². The highest BCUT2D eigenvalue weighted by Crippen LogP contribution is 2.44. The van der Waals surface area contributed by atoms with Gasteiger partial charge < -0.3 is 9.47 Å². The minimum absolute atomic E-state index is 0.0270. The second-order valence-electron chi connectivity index (χ2n) is 15.5. The Balaban J connectivity index is 3.21. The lowest BCUT2D eigenvalue weighted by Gasteiger charge is -2.39. The number of ether oxygens (including phenoxy) is 2. The summed E-state index contributed by atoms with van der Waals surface area (Å²) >= 11 is 0. The highest BCUT2D eigenvalue weighted by atomic mass is 16.5. The van der Waals surface area contributed by atoms with E-state index in [1.54, 1.807) is 0 Å². The van der Waals surface area contributed by atoms with Crippen molar-refractivity contribution in [2.45, 2.75) is 118 Å². The summed E-state index contributed by atoms with van der Waals surface area (Å²) in [7, 11) is 0. The summed E-state index contributed by atoms with van der Waals surface area (Å²) in [5.41, 5.74) is 4.17. The minimum Gasteiger partial charge on any atom is -0.458 e. The highest BCUT2D eigenvalue weighted by molar-refractivity contribution is 5.81. The van der Waals surface area contributed by atoms with Crippen LogP contribution in [0.2, 0.25) is 0 Å². The van der Waals surface area contributed by atoms with Crippen molar-refractivity contribution in [3.63, 3.8) is 0 Å². The SMILES string of the molecule is C=CC(=O)OC/C=C/CC(C)(C)CC(C)(C)c1cc(C(C)(C)C)cc(C(C)(C)CC(C)(C)C/C=C/COC(=O)C=C)c1. The van der Waals surface area contributed by atoms with Crippen molar-refractivity contribution in [3.05, 3.63) is 84.5 Å². The molecule has 0 heterocycles. The molecule has 0 saturated carbocycles. The molecule has 234 valence electrons. The van der Waals surface area contributed by atoms with Crippen molar-refractivity contribution >= 4 is 11.9 Å². The lowest BCUT2D eigenvalue weighted by Crippen LogP contribution is -2.30. The highest BCUT2D eigenvalue weighted by Gasteiger charge is 2.34. The van der Waals surface area contributed by atoms with Crippen LogP contribution in [0.5, 0.6) is 0 Å². The van der Waals surface area contributed by atoms with Crippen molar-refractivity contribution in [1.82, 2.24) is 0 Å². The number of rotatable bonds is 16. The Kier molecular flexibility index (Phi) is 13.3. The number of carbonyl (C=O) groups is 2. The fraction of sp³-hybridized carbons (Fsp3) is 0.579. The molecule has 0 fully saturated rings. The second-order valence-corrected chi connectivity index (χ2v) is 15.5. The van der Waals surface area contributed by atoms with E-state index in [0.29, 0.717) is 0 Å². The average Bonchev–Trinajstić information content (AvgIpc) is 2.85. The van der Waals surface area contributed by atoms with E-state index in [1.807, 2.05) is 12.2 Å². The third-order valence-electron chi connectivity index (χ3n) is 7.85. The van der Waals surface area contributed by atoms with E-state index in [1.165, 1.54) is 28.8 Å². The van der Waals surface area contributed by atoms with Crippen LogP contribution in [0.4, 0.5) is 0 Å². The Bertz CT molecular complexity index is 1060. The third kappa shape index (κ3) is 13.0. The van der Waals surface area contributed by atoms with Gasteiger partial charge in [0.15, 0.2) is 0 Å². The summed E-state index contributed by atoms with van der Waals surface area (Å²) in [5, 5.41) is 0. The molecule has 0 unspecified atom stereocenters. The molecule has 0 amide bonds. The van der Waals surface area contributed by atoms with Crippen molar-refractivity contribution in [1.29, 1.82) is 0 Å². The first-order chi connectivity index (χ1) is 19.1. The first-order valence-electron chi connectivity index (χ1n) is 15.2. The summed E-state index contributed by atoms with van der Waals surface area (Å²) in [4.78, 5) is 22.6. The molecule has 1 aromatic carbocycles. The van der Waals surface area contributed by atoms with Crippen LogP contribution in [0, 0.1) is 10.8 Å². The van der Waals surface area contributed by atoms with Gasteiger partial charge in [-0.1, -0.05) is 132 Å². The smallest absolute Gasteiger partial charge is 0.330 e. The van der Waals surface area contributed by atoms with Gasteiger partial charge in [-0.05, 0) is 69.4 Å². The van der Waals surface area contributed by atoms with E-state index >= 15 is 0 Å². The van der Waals surface area contributed by atoms with Gasteiger partial charge in [0.1, 0.15) is 13.2 Å². The number of carbonyl (C=O) groups excluding carboxylic acids is 2. The Hall–Kier alpha value is -2.88. The molecule has 1 aromatic rings. The van der Waals surface area contributed by atoms with Gasteiger partial charge in [0.05, 0.1) is 0 Å². The summed E-state index contributed by atoms with van der Waals surface area (Å²) in [6.07, 6.45) is 14.3. The van der Waals surface area contributed by atoms with Gasteiger partial charge in [-0.15, -0.1) is 0 Å². The molecule has 0 N–H and O–H groups in total. The van der Waals surface area contributed by atoms with Gasteiger partial charge in [0.25, 0.3) is 0 Å². The van der Waals surface area contributed by atoms with E-state index in [9.17, 15) is 9.59 Å². The van der Waals surface area contributed by atoms with Crippen LogP contribution in [-0.2, 0) is 35.3 Å². The summed E-state index contributed by atoms with van der Waals surface area (Å²) < 4.78 is 10.2. The molecule has 0 aliphatic rings. The van der Waals surface area contributed by atoms with Crippen LogP contribution in [0.25, 0.3) is 0 Å². The van der Waals surface area contributed by atoms with Gasteiger partial charge >= 0.3 is 11.9 Å². The number of hydrogen-bond acceptors (Lipinski definition) is 4. The maximum Gasteiger partial charge on any atom is 0.330 e. The minimum atomic E-state index is -0.399. The molecular weight excluding hydrogens is 520 g/mol. The molecule has 4 nitrogen and oxygen atoms in total. The zero-order valence-corrected chi connectivity index (χ0v) is 28.5. The van der Waals surface area contributed by atoms with Gasteiger partial charge in [0.2, 0.25) is 0 Å². The topological polar surface area (TPSA) is 52.6 Å². The molecule has 0 spiro atoms. The number of hydrogen-bond donors (Lipinski definition) is 0. The van der Waals surface area contributed by atoms with E-state index in [2.05, 4.69) is 120 Å². The van der Waals surface area contributed by atoms with Gasteiger partial charge in [0, 0.05) is 12.2 Å². The first kappa shape index (κ1) is 37.1. The molecule has 0 atom stereocenters. The van der Waals surface area contributed by atoms with Crippen LogP contribution in [0.15, 0.2) is 67.8 Å². The molecule has 0 aromatic heterocycles. The summed E-state index contributed by atoms with van der Waals surface area (Å²) in [5.74, 6) is -0.798. The zero-order chi connectivity index (χ0) is 32.4. The molecule has 0 radical (unpaired) electrons. The summed E-state index contributed by atoms with van der Waals surface area (Å²) in [6, 6.07) is 7.27. The quantitative estimate of drug-likeness (QED) is 0.111. The zero-order valence-electron chi connectivity index (χ0n) is 28.5. The van der Waals surface area contributed by atoms with E-state index in [0.717, 1.165) is 25.7 Å². The van der Waals surface area contributed by atoms with Crippen LogP contribution in [0.1, 0.15) is 119 Å². The van der Waals surface area contributed by atoms with Crippen LogP contribution in [0.3, 0.4) is 0 Å². The molecule has 0 aliphatic heterocycles. The molecule has 4 heteroatoms. The number of esters is 2. The lowest BCUT2D eigenvalue weighted by molar-refractivity contribution is -0.137. The van der Waals surface area contributed by atoms with Crippen molar-refractivity contribution in [3.8, 4) is 0 Å². The van der Waals surface area contributed by atoms with E-state index in [-0.39, 0.29) is 40.3 Å².